The fourth-order valence-electron chi connectivity index (χ4n) is 2.44. The van der Waals surface area contributed by atoms with E-state index in [0.29, 0.717) is 6.04 Å². The topological polar surface area (TPSA) is 21.3 Å². The summed E-state index contributed by atoms with van der Waals surface area (Å²) >= 11 is 0. The predicted molar refractivity (Wildman–Crippen MR) is 76.1 cm³/mol. The van der Waals surface area contributed by atoms with Crippen molar-refractivity contribution in [3.05, 3.63) is 29.8 Å². The number of hydrogen-bond donors (Lipinski definition) is 1. The van der Waals surface area contributed by atoms with Gasteiger partial charge in [-0.15, -0.1) is 0 Å². The van der Waals surface area contributed by atoms with Gasteiger partial charge in [-0.2, -0.15) is 0 Å². The fourth-order valence-corrected chi connectivity index (χ4v) is 2.44. The van der Waals surface area contributed by atoms with E-state index in [4.69, 9.17) is 4.74 Å². The minimum Gasteiger partial charge on any atom is -0.497 e. The highest BCUT2D eigenvalue weighted by molar-refractivity contribution is 5.29. The molecule has 0 spiro atoms. The van der Waals surface area contributed by atoms with Crippen molar-refractivity contribution in [2.24, 2.45) is 5.92 Å². The maximum absolute atomic E-state index is 5.29. The van der Waals surface area contributed by atoms with Crippen LogP contribution in [-0.4, -0.2) is 18.7 Å². The first-order valence-electron chi connectivity index (χ1n) is 6.88. The number of methoxy groups -OCH3 is 1. The Morgan fingerprint density at radius 2 is 2.06 bits per heavy atom. The standard InChI is InChI=1S/C16H25NO/c1-16(2,3)17-15(13-8-9-13)11-12-6-5-7-14(10-12)18-4/h5-7,10,13,15,17H,8-9,11H2,1-4H3. The SMILES string of the molecule is COc1cccc(CC(NC(C)(C)C)C2CC2)c1. The van der Waals surface area contributed by atoms with Crippen LogP contribution in [0.2, 0.25) is 0 Å². The van der Waals surface area contributed by atoms with Gasteiger partial charge in [0.15, 0.2) is 0 Å². The molecule has 0 amide bonds. The molecule has 1 fully saturated rings. The summed E-state index contributed by atoms with van der Waals surface area (Å²) in [6, 6.07) is 9.03. The lowest BCUT2D eigenvalue weighted by molar-refractivity contribution is 0.332. The second-order valence-electron chi connectivity index (χ2n) is 6.39. The molecule has 2 rings (SSSR count). The van der Waals surface area contributed by atoms with Crippen LogP contribution in [0.3, 0.4) is 0 Å². The van der Waals surface area contributed by atoms with Crippen molar-refractivity contribution in [1.82, 2.24) is 5.32 Å². The molecule has 1 aliphatic rings. The third-order valence-corrected chi connectivity index (χ3v) is 3.40. The molecule has 100 valence electrons. The van der Waals surface area contributed by atoms with Gasteiger partial charge in [-0.1, -0.05) is 12.1 Å². The summed E-state index contributed by atoms with van der Waals surface area (Å²) in [5.41, 5.74) is 1.55. The van der Waals surface area contributed by atoms with Gasteiger partial charge < -0.3 is 10.1 Å². The maximum Gasteiger partial charge on any atom is 0.119 e. The molecule has 1 aliphatic carbocycles. The average Bonchev–Trinajstić information content (AvgIpc) is 3.10. The van der Waals surface area contributed by atoms with Crippen molar-refractivity contribution in [2.75, 3.05) is 7.11 Å². The van der Waals surface area contributed by atoms with Crippen LogP contribution in [0.5, 0.6) is 5.75 Å². The second-order valence-corrected chi connectivity index (χ2v) is 6.39. The molecule has 1 N–H and O–H groups in total. The Hall–Kier alpha value is -1.02. The highest BCUT2D eigenvalue weighted by atomic mass is 16.5. The highest BCUT2D eigenvalue weighted by Gasteiger charge is 2.33. The van der Waals surface area contributed by atoms with Crippen LogP contribution in [0.1, 0.15) is 39.2 Å². The molecule has 1 aromatic rings. The first-order chi connectivity index (χ1) is 8.48. The van der Waals surface area contributed by atoms with Crippen LogP contribution in [0, 0.1) is 5.92 Å². The normalized spacial score (nSPS) is 17.6. The second kappa shape index (κ2) is 5.31. The summed E-state index contributed by atoms with van der Waals surface area (Å²) in [7, 11) is 1.73. The first kappa shape index (κ1) is 13.4. The summed E-state index contributed by atoms with van der Waals surface area (Å²) in [6.45, 7) is 6.73. The molecule has 1 unspecified atom stereocenters. The van der Waals surface area contributed by atoms with Gasteiger partial charge in [0.25, 0.3) is 0 Å². The molecule has 18 heavy (non-hydrogen) atoms. The Balaban J connectivity index is 2.03. The molecule has 1 saturated carbocycles. The molecule has 0 saturated heterocycles. The van der Waals surface area contributed by atoms with Crippen molar-refractivity contribution in [3.8, 4) is 5.75 Å². The Bertz CT molecular complexity index is 390. The summed E-state index contributed by atoms with van der Waals surface area (Å²) in [5.74, 6) is 1.81. The van der Waals surface area contributed by atoms with Crippen LogP contribution in [0.25, 0.3) is 0 Å². The predicted octanol–water partition coefficient (Wildman–Crippen LogP) is 3.40. The van der Waals surface area contributed by atoms with E-state index in [1.807, 2.05) is 6.07 Å². The van der Waals surface area contributed by atoms with E-state index in [9.17, 15) is 0 Å². The quantitative estimate of drug-likeness (QED) is 0.861. The fraction of sp³-hybridized carbons (Fsp3) is 0.625. The minimum atomic E-state index is 0.187. The smallest absolute Gasteiger partial charge is 0.119 e. The van der Waals surface area contributed by atoms with Gasteiger partial charge >= 0.3 is 0 Å². The monoisotopic (exact) mass is 247 g/mol. The Labute approximate surface area is 111 Å². The Morgan fingerprint density at radius 3 is 2.61 bits per heavy atom. The van der Waals surface area contributed by atoms with Crippen molar-refractivity contribution in [2.45, 2.75) is 51.6 Å². The van der Waals surface area contributed by atoms with E-state index in [-0.39, 0.29) is 5.54 Å². The largest absolute Gasteiger partial charge is 0.497 e. The van der Waals surface area contributed by atoms with Crippen molar-refractivity contribution in [1.29, 1.82) is 0 Å². The van der Waals surface area contributed by atoms with E-state index in [2.05, 4.69) is 44.3 Å². The Kier molecular flexibility index (Phi) is 3.96. The van der Waals surface area contributed by atoms with Crippen LogP contribution in [0.15, 0.2) is 24.3 Å². The zero-order chi connectivity index (χ0) is 13.2. The summed E-state index contributed by atoms with van der Waals surface area (Å²) in [5, 5.41) is 3.76. The maximum atomic E-state index is 5.29. The average molecular weight is 247 g/mol. The van der Waals surface area contributed by atoms with Crippen molar-refractivity contribution >= 4 is 0 Å². The summed E-state index contributed by atoms with van der Waals surface area (Å²) in [6.07, 6.45) is 3.84. The molecule has 2 nitrogen and oxygen atoms in total. The van der Waals surface area contributed by atoms with E-state index in [1.165, 1.54) is 18.4 Å². The van der Waals surface area contributed by atoms with Crippen molar-refractivity contribution in [3.63, 3.8) is 0 Å². The van der Waals surface area contributed by atoms with Gasteiger partial charge in [-0.25, -0.2) is 0 Å². The molecule has 1 aromatic carbocycles. The van der Waals surface area contributed by atoms with E-state index < -0.39 is 0 Å². The molecule has 2 heteroatoms. The van der Waals surface area contributed by atoms with Gasteiger partial charge in [0.1, 0.15) is 5.75 Å². The lowest BCUT2D eigenvalue weighted by Gasteiger charge is -2.29. The number of ether oxygens (including phenoxy) is 1. The van der Waals surface area contributed by atoms with Crippen LogP contribution >= 0.6 is 0 Å². The molecular weight excluding hydrogens is 222 g/mol. The van der Waals surface area contributed by atoms with Gasteiger partial charge in [0.05, 0.1) is 7.11 Å². The Morgan fingerprint density at radius 1 is 1.33 bits per heavy atom. The van der Waals surface area contributed by atoms with Crippen LogP contribution in [-0.2, 0) is 6.42 Å². The highest BCUT2D eigenvalue weighted by Crippen LogP contribution is 2.35. The minimum absolute atomic E-state index is 0.187. The van der Waals surface area contributed by atoms with E-state index >= 15 is 0 Å². The number of nitrogens with one attached hydrogen (secondary N) is 1. The zero-order valence-electron chi connectivity index (χ0n) is 12.0. The van der Waals surface area contributed by atoms with Gasteiger partial charge in [0, 0.05) is 11.6 Å². The number of hydrogen-bond acceptors (Lipinski definition) is 2. The zero-order valence-corrected chi connectivity index (χ0v) is 12.0. The lowest BCUT2D eigenvalue weighted by atomic mass is 9.98. The van der Waals surface area contributed by atoms with Gasteiger partial charge in [-0.05, 0) is 63.6 Å². The van der Waals surface area contributed by atoms with Gasteiger partial charge in [0.2, 0.25) is 0 Å². The number of rotatable bonds is 5. The summed E-state index contributed by atoms with van der Waals surface area (Å²) in [4.78, 5) is 0. The molecule has 0 aliphatic heterocycles. The molecule has 0 bridgehead atoms. The van der Waals surface area contributed by atoms with Gasteiger partial charge in [-0.3, -0.25) is 0 Å². The third-order valence-electron chi connectivity index (χ3n) is 3.40. The molecule has 1 atom stereocenters. The molecular formula is C16H25NO. The first-order valence-corrected chi connectivity index (χ1v) is 6.88. The summed E-state index contributed by atoms with van der Waals surface area (Å²) < 4.78 is 5.29. The van der Waals surface area contributed by atoms with Crippen molar-refractivity contribution < 1.29 is 4.74 Å². The molecule has 0 heterocycles. The lowest BCUT2D eigenvalue weighted by Crippen LogP contribution is -2.45. The van der Waals surface area contributed by atoms with E-state index in [0.717, 1.165) is 18.1 Å². The molecule has 0 radical (unpaired) electrons. The third kappa shape index (κ3) is 4.02. The van der Waals surface area contributed by atoms with E-state index in [1.54, 1.807) is 7.11 Å². The number of benzene rings is 1. The molecule has 0 aromatic heterocycles. The van der Waals surface area contributed by atoms with Crippen LogP contribution in [0.4, 0.5) is 0 Å². The van der Waals surface area contributed by atoms with Crippen LogP contribution < -0.4 is 10.1 Å².